The van der Waals surface area contributed by atoms with Gasteiger partial charge in [-0.3, -0.25) is 0 Å². The van der Waals surface area contributed by atoms with Gasteiger partial charge in [-0.2, -0.15) is 0 Å². The topological polar surface area (TPSA) is 46.5 Å². The first-order chi connectivity index (χ1) is 10.1. The summed E-state index contributed by atoms with van der Waals surface area (Å²) in [6.07, 6.45) is 13.0. The van der Waals surface area contributed by atoms with Gasteiger partial charge in [0.05, 0.1) is 6.61 Å². The highest BCUT2D eigenvalue weighted by Crippen LogP contribution is 2.39. The van der Waals surface area contributed by atoms with E-state index in [1.165, 1.54) is 57.8 Å². The Bertz CT molecular complexity index is 244. The highest BCUT2D eigenvalue weighted by Gasteiger charge is 2.22. The number of unbranched alkanes of at least 4 members (excludes halogenated alkanes) is 7. The summed E-state index contributed by atoms with van der Waals surface area (Å²) in [5.41, 5.74) is 0. The van der Waals surface area contributed by atoms with Gasteiger partial charge >= 0.3 is 6.16 Å². The van der Waals surface area contributed by atoms with Gasteiger partial charge in [0.2, 0.25) is 0 Å². The van der Waals surface area contributed by atoms with Crippen LogP contribution in [0.1, 0.15) is 84.5 Å². The van der Waals surface area contributed by atoms with Gasteiger partial charge in [-0.05, 0) is 11.5 Å². The second-order valence-electron chi connectivity index (χ2n) is 6.25. The largest absolute Gasteiger partial charge is 0.505 e. The molecule has 0 amide bonds. The standard InChI is InChI=1S/C17H36O3Si/c1-4-17(5-2,21-3)14-12-10-8-6-7-9-11-13-15-20-16(18)19/h4-15,21H2,1-3H3,(H,18,19). The third-order valence-corrected chi connectivity index (χ3v) is 7.93. The van der Waals surface area contributed by atoms with E-state index in [0.717, 1.165) is 17.9 Å². The third kappa shape index (κ3) is 10.8. The van der Waals surface area contributed by atoms with Crippen LogP contribution in [0.2, 0.25) is 11.6 Å². The Morgan fingerprint density at radius 1 is 0.952 bits per heavy atom. The number of hydrogen-bond donors (Lipinski definition) is 1. The first-order valence-electron chi connectivity index (χ1n) is 8.96. The van der Waals surface area contributed by atoms with E-state index in [4.69, 9.17) is 5.11 Å². The lowest BCUT2D eigenvalue weighted by Gasteiger charge is -2.30. The fourth-order valence-electron chi connectivity index (χ4n) is 3.10. The Kier molecular flexibility index (Phi) is 12.8. The molecule has 0 unspecified atom stereocenters. The van der Waals surface area contributed by atoms with E-state index in [9.17, 15) is 4.79 Å². The quantitative estimate of drug-likeness (QED) is 0.265. The van der Waals surface area contributed by atoms with Crippen LogP contribution < -0.4 is 0 Å². The van der Waals surface area contributed by atoms with Gasteiger partial charge in [0.25, 0.3) is 0 Å². The number of rotatable bonds is 14. The Labute approximate surface area is 133 Å². The lowest BCUT2D eigenvalue weighted by molar-refractivity contribution is 0.0899. The van der Waals surface area contributed by atoms with Gasteiger partial charge < -0.3 is 9.84 Å². The monoisotopic (exact) mass is 316 g/mol. The average molecular weight is 317 g/mol. The molecule has 0 aromatic rings. The molecule has 0 bridgehead atoms. The molecule has 21 heavy (non-hydrogen) atoms. The summed E-state index contributed by atoms with van der Waals surface area (Å²) in [4.78, 5) is 10.2. The van der Waals surface area contributed by atoms with Crippen molar-refractivity contribution in [2.75, 3.05) is 6.61 Å². The molecule has 0 heterocycles. The van der Waals surface area contributed by atoms with E-state index in [0.29, 0.717) is 6.61 Å². The molecule has 0 saturated carbocycles. The molecular formula is C17H36O3Si. The molecule has 1 N–H and O–H groups in total. The summed E-state index contributed by atoms with van der Waals surface area (Å²) >= 11 is 0. The lowest BCUT2D eigenvalue weighted by Crippen LogP contribution is -2.16. The predicted octanol–water partition coefficient (Wildman–Crippen LogP) is 5.39. The van der Waals surface area contributed by atoms with Crippen molar-refractivity contribution in [3.63, 3.8) is 0 Å². The van der Waals surface area contributed by atoms with Crippen LogP contribution in [0.3, 0.4) is 0 Å². The summed E-state index contributed by atoms with van der Waals surface area (Å²) in [6, 6.07) is 0. The van der Waals surface area contributed by atoms with Gasteiger partial charge in [-0.25, -0.2) is 4.79 Å². The molecule has 0 aliphatic rings. The van der Waals surface area contributed by atoms with E-state index < -0.39 is 6.16 Å². The zero-order valence-corrected chi connectivity index (χ0v) is 15.9. The van der Waals surface area contributed by atoms with Crippen molar-refractivity contribution >= 4 is 15.7 Å². The molecule has 0 aromatic carbocycles. The highest BCUT2D eigenvalue weighted by molar-refractivity contribution is 6.38. The Morgan fingerprint density at radius 2 is 1.43 bits per heavy atom. The van der Waals surface area contributed by atoms with Crippen molar-refractivity contribution in [1.82, 2.24) is 0 Å². The number of carbonyl (C=O) groups is 1. The molecule has 0 aliphatic heterocycles. The van der Waals surface area contributed by atoms with E-state index >= 15 is 0 Å². The van der Waals surface area contributed by atoms with Crippen molar-refractivity contribution in [1.29, 1.82) is 0 Å². The van der Waals surface area contributed by atoms with Gasteiger partial charge in [0.1, 0.15) is 0 Å². The van der Waals surface area contributed by atoms with E-state index in [-0.39, 0.29) is 9.52 Å². The maximum absolute atomic E-state index is 10.2. The molecule has 0 aliphatic carbocycles. The molecule has 0 fully saturated rings. The summed E-state index contributed by atoms with van der Waals surface area (Å²) in [6.45, 7) is 7.57. The minimum Gasteiger partial charge on any atom is -0.450 e. The van der Waals surface area contributed by atoms with Crippen LogP contribution in [0.15, 0.2) is 0 Å². The second kappa shape index (κ2) is 13.2. The van der Waals surface area contributed by atoms with Gasteiger partial charge in [-0.15, -0.1) is 0 Å². The molecular weight excluding hydrogens is 280 g/mol. The molecule has 0 atom stereocenters. The van der Waals surface area contributed by atoms with Gasteiger partial charge in [-0.1, -0.05) is 84.6 Å². The van der Waals surface area contributed by atoms with Crippen LogP contribution in [-0.4, -0.2) is 27.4 Å². The Hall–Kier alpha value is -0.513. The van der Waals surface area contributed by atoms with E-state index in [1.54, 1.807) is 0 Å². The minimum absolute atomic E-state index is 0.106. The molecule has 0 rings (SSSR count). The average Bonchev–Trinajstić information content (AvgIpc) is 2.49. The third-order valence-electron chi connectivity index (χ3n) is 5.08. The molecule has 0 radical (unpaired) electrons. The fourth-order valence-corrected chi connectivity index (χ4v) is 4.71. The maximum atomic E-state index is 10.2. The summed E-state index contributed by atoms with van der Waals surface area (Å²) < 4.78 is 4.49. The second-order valence-corrected chi connectivity index (χ2v) is 8.46. The molecule has 0 aromatic heterocycles. The van der Waals surface area contributed by atoms with Crippen LogP contribution in [0.5, 0.6) is 0 Å². The smallest absolute Gasteiger partial charge is 0.450 e. The van der Waals surface area contributed by atoms with Crippen molar-refractivity contribution < 1.29 is 14.6 Å². The fraction of sp³-hybridized carbons (Fsp3) is 0.941. The summed E-state index contributed by atoms with van der Waals surface area (Å²) in [5, 5.41) is 9.07. The first kappa shape index (κ1) is 20.5. The van der Waals surface area contributed by atoms with Gasteiger partial charge in [0.15, 0.2) is 0 Å². The Morgan fingerprint density at radius 3 is 1.86 bits per heavy atom. The lowest BCUT2D eigenvalue weighted by atomic mass is 9.94. The molecule has 4 heteroatoms. The Balaban J connectivity index is 3.34. The van der Waals surface area contributed by atoms with Crippen molar-refractivity contribution in [3.05, 3.63) is 0 Å². The highest BCUT2D eigenvalue weighted by atomic mass is 28.2. The van der Waals surface area contributed by atoms with E-state index in [2.05, 4.69) is 25.1 Å². The number of ether oxygens (including phenoxy) is 1. The van der Waals surface area contributed by atoms with Crippen molar-refractivity contribution in [3.8, 4) is 0 Å². The SMILES string of the molecule is CCC(CC)(CCCCCCCCCCOC(=O)O)[SiH2]C. The maximum Gasteiger partial charge on any atom is 0.505 e. The van der Waals surface area contributed by atoms with Crippen LogP contribution >= 0.6 is 0 Å². The predicted molar refractivity (Wildman–Crippen MR) is 93.2 cm³/mol. The normalized spacial score (nSPS) is 12.1. The van der Waals surface area contributed by atoms with E-state index in [1.807, 2.05) is 0 Å². The van der Waals surface area contributed by atoms with Crippen LogP contribution in [0.4, 0.5) is 4.79 Å². The van der Waals surface area contributed by atoms with Crippen molar-refractivity contribution in [2.45, 2.75) is 96.1 Å². The first-order valence-corrected chi connectivity index (χ1v) is 11.1. The molecule has 0 saturated heterocycles. The minimum atomic E-state index is -1.15. The summed E-state index contributed by atoms with van der Waals surface area (Å²) in [7, 11) is 0.106. The van der Waals surface area contributed by atoms with Crippen LogP contribution in [0, 0.1) is 0 Å². The summed E-state index contributed by atoms with van der Waals surface area (Å²) in [5.74, 6) is 0. The van der Waals surface area contributed by atoms with Crippen LogP contribution in [0.25, 0.3) is 0 Å². The molecule has 126 valence electrons. The van der Waals surface area contributed by atoms with Gasteiger partial charge in [0, 0.05) is 9.52 Å². The van der Waals surface area contributed by atoms with Crippen LogP contribution in [-0.2, 0) is 4.74 Å². The molecule has 3 nitrogen and oxygen atoms in total. The zero-order valence-electron chi connectivity index (χ0n) is 14.5. The molecule has 0 spiro atoms. The number of hydrogen-bond acceptors (Lipinski definition) is 2. The number of carboxylic acid groups (broad SMARTS) is 1. The van der Waals surface area contributed by atoms with Crippen molar-refractivity contribution in [2.24, 2.45) is 0 Å². The zero-order chi connectivity index (χ0) is 16.0.